The number of fused-ring (bicyclic) bond motifs is 1. The van der Waals surface area contributed by atoms with Gasteiger partial charge in [0.1, 0.15) is 23.9 Å². The highest BCUT2D eigenvalue weighted by Gasteiger charge is 2.13. The number of hydrogen-bond donors (Lipinski definition) is 0. The Morgan fingerprint density at radius 1 is 0.935 bits per heavy atom. The minimum absolute atomic E-state index is 0.0732. The van der Waals surface area contributed by atoms with Crippen molar-refractivity contribution in [3.05, 3.63) is 88.7 Å². The summed E-state index contributed by atoms with van der Waals surface area (Å²) in [6, 6.07) is 23.1. The van der Waals surface area contributed by atoms with Gasteiger partial charge >= 0.3 is 0 Å². The number of rotatable bonds is 7. The summed E-state index contributed by atoms with van der Waals surface area (Å²) in [6.07, 6.45) is 0. The Hall–Kier alpha value is -3.60. The van der Waals surface area contributed by atoms with Crippen LogP contribution in [0.2, 0.25) is 0 Å². The van der Waals surface area contributed by atoms with E-state index in [1.165, 1.54) is 5.56 Å². The highest BCUT2D eigenvalue weighted by atomic mass is 16.5. The number of benzene rings is 3. The lowest BCUT2D eigenvalue weighted by molar-refractivity contribution is 0.296. The van der Waals surface area contributed by atoms with E-state index in [1.54, 1.807) is 11.7 Å². The standard InChI is InChI=1S/C26H26N2O3/c1-18(2)20-7-6-8-22(17-20)31-16-15-28-25(19-11-13-21(30-3)14-12-19)27-24-10-5-4-9-23(24)26(28)29/h4-14,17-18H,15-16H2,1-3H3. The van der Waals surface area contributed by atoms with Crippen LogP contribution in [-0.2, 0) is 6.54 Å². The van der Waals surface area contributed by atoms with E-state index < -0.39 is 0 Å². The van der Waals surface area contributed by atoms with E-state index in [0.29, 0.717) is 35.8 Å². The van der Waals surface area contributed by atoms with Crippen molar-refractivity contribution in [2.45, 2.75) is 26.3 Å². The molecule has 158 valence electrons. The third kappa shape index (κ3) is 4.45. The lowest BCUT2D eigenvalue weighted by Crippen LogP contribution is -2.26. The van der Waals surface area contributed by atoms with Gasteiger partial charge in [0.25, 0.3) is 5.56 Å². The molecule has 4 aromatic rings. The normalized spacial score (nSPS) is 11.1. The second kappa shape index (κ2) is 9.04. The Balaban J connectivity index is 1.67. The van der Waals surface area contributed by atoms with Crippen molar-refractivity contribution < 1.29 is 9.47 Å². The first-order valence-corrected chi connectivity index (χ1v) is 10.4. The Morgan fingerprint density at radius 2 is 1.71 bits per heavy atom. The molecule has 0 unspecified atom stereocenters. The topological polar surface area (TPSA) is 53.3 Å². The predicted octanol–water partition coefficient (Wildman–Crippen LogP) is 5.27. The smallest absolute Gasteiger partial charge is 0.261 e. The molecular weight excluding hydrogens is 388 g/mol. The van der Waals surface area contributed by atoms with E-state index in [-0.39, 0.29) is 5.56 Å². The van der Waals surface area contributed by atoms with E-state index in [0.717, 1.165) is 17.1 Å². The van der Waals surface area contributed by atoms with E-state index in [9.17, 15) is 4.79 Å². The van der Waals surface area contributed by atoms with Gasteiger partial charge in [-0.3, -0.25) is 9.36 Å². The summed E-state index contributed by atoms with van der Waals surface area (Å²) in [4.78, 5) is 18.1. The molecule has 0 aliphatic rings. The van der Waals surface area contributed by atoms with Crippen LogP contribution in [0.1, 0.15) is 25.3 Å². The van der Waals surface area contributed by atoms with Gasteiger partial charge in [0, 0.05) is 5.56 Å². The monoisotopic (exact) mass is 414 g/mol. The van der Waals surface area contributed by atoms with Gasteiger partial charge < -0.3 is 9.47 Å². The fraction of sp³-hybridized carbons (Fsp3) is 0.231. The van der Waals surface area contributed by atoms with Crippen molar-refractivity contribution in [3.63, 3.8) is 0 Å². The fourth-order valence-electron chi connectivity index (χ4n) is 3.55. The van der Waals surface area contributed by atoms with Crippen LogP contribution in [0.25, 0.3) is 22.3 Å². The van der Waals surface area contributed by atoms with Crippen LogP contribution < -0.4 is 15.0 Å². The van der Waals surface area contributed by atoms with E-state index >= 15 is 0 Å². The Labute approximate surface area is 181 Å². The summed E-state index contributed by atoms with van der Waals surface area (Å²) in [7, 11) is 1.63. The predicted molar refractivity (Wildman–Crippen MR) is 124 cm³/mol. The van der Waals surface area contributed by atoms with Crippen LogP contribution in [-0.4, -0.2) is 23.3 Å². The molecule has 0 fully saturated rings. The Morgan fingerprint density at radius 3 is 2.45 bits per heavy atom. The van der Waals surface area contributed by atoms with Crippen molar-refractivity contribution >= 4 is 10.9 Å². The molecule has 0 N–H and O–H groups in total. The maximum absolute atomic E-state index is 13.3. The van der Waals surface area contributed by atoms with Crippen LogP contribution >= 0.6 is 0 Å². The molecule has 31 heavy (non-hydrogen) atoms. The van der Waals surface area contributed by atoms with Crippen molar-refractivity contribution in [1.29, 1.82) is 0 Å². The van der Waals surface area contributed by atoms with E-state index in [1.807, 2.05) is 60.7 Å². The van der Waals surface area contributed by atoms with Gasteiger partial charge in [-0.2, -0.15) is 0 Å². The van der Waals surface area contributed by atoms with Gasteiger partial charge in [-0.25, -0.2) is 4.98 Å². The second-order valence-corrected chi connectivity index (χ2v) is 7.71. The third-order valence-electron chi connectivity index (χ3n) is 5.32. The largest absolute Gasteiger partial charge is 0.497 e. The van der Waals surface area contributed by atoms with E-state index in [4.69, 9.17) is 14.5 Å². The highest BCUT2D eigenvalue weighted by Crippen LogP contribution is 2.23. The number of para-hydroxylation sites is 1. The van der Waals surface area contributed by atoms with Crippen molar-refractivity contribution in [2.75, 3.05) is 13.7 Å². The molecule has 5 heteroatoms. The first-order valence-electron chi connectivity index (χ1n) is 10.4. The molecule has 1 aromatic heterocycles. The van der Waals surface area contributed by atoms with Crippen molar-refractivity contribution in [3.8, 4) is 22.9 Å². The van der Waals surface area contributed by atoms with Crippen LogP contribution in [0.3, 0.4) is 0 Å². The maximum atomic E-state index is 13.3. The van der Waals surface area contributed by atoms with Crippen LogP contribution in [0.4, 0.5) is 0 Å². The average Bonchev–Trinajstić information content (AvgIpc) is 2.80. The van der Waals surface area contributed by atoms with Crippen molar-refractivity contribution in [1.82, 2.24) is 9.55 Å². The van der Waals surface area contributed by atoms with Gasteiger partial charge in [-0.15, -0.1) is 0 Å². The highest BCUT2D eigenvalue weighted by molar-refractivity contribution is 5.79. The molecule has 0 saturated carbocycles. The minimum atomic E-state index is -0.0732. The number of nitrogens with zero attached hydrogens (tertiary/aromatic N) is 2. The zero-order valence-corrected chi connectivity index (χ0v) is 18.0. The maximum Gasteiger partial charge on any atom is 0.261 e. The van der Waals surface area contributed by atoms with E-state index in [2.05, 4.69) is 26.0 Å². The molecule has 4 rings (SSSR count). The molecular formula is C26H26N2O3. The second-order valence-electron chi connectivity index (χ2n) is 7.71. The van der Waals surface area contributed by atoms with Crippen LogP contribution in [0, 0.1) is 0 Å². The molecule has 0 aliphatic carbocycles. The first-order chi connectivity index (χ1) is 15.1. The molecule has 0 amide bonds. The van der Waals surface area contributed by atoms with Gasteiger partial charge in [0.2, 0.25) is 0 Å². The summed E-state index contributed by atoms with van der Waals surface area (Å²) < 4.78 is 12.9. The molecule has 0 bridgehead atoms. The number of aromatic nitrogens is 2. The summed E-state index contributed by atoms with van der Waals surface area (Å²) >= 11 is 0. The first kappa shape index (κ1) is 20.7. The number of hydrogen-bond acceptors (Lipinski definition) is 4. The number of methoxy groups -OCH3 is 1. The molecule has 0 saturated heterocycles. The molecule has 0 radical (unpaired) electrons. The zero-order valence-electron chi connectivity index (χ0n) is 18.0. The SMILES string of the molecule is COc1ccc(-c2nc3ccccc3c(=O)n2CCOc2cccc(C(C)C)c2)cc1. The van der Waals surface area contributed by atoms with Gasteiger partial charge in [0.05, 0.1) is 24.6 Å². The molecule has 1 heterocycles. The summed E-state index contributed by atoms with van der Waals surface area (Å²) in [6.45, 7) is 5.07. The summed E-state index contributed by atoms with van der Waals surface area (Å²) in [5, 5.41) is 0.599. The van der Waals surface area contributed by atoms with Crippen molar-refractivity contribution in [2.24, 2.45) is 0 Å². The van der Waals surface area contributed by atoms with Crippen LogP contribution in [0.5, 0.6) is 11.5 Å². The molecule has 0 aliphatic heterocycles. The fourth-order valence-corrected chi connectivity index (χ4v) is 3.55. The van der Waals surface area contributed by atoms with Crippen LogP contribution in [0.15, 0.2) is 77.6 Å². The Kier molecular flexibility index (Phi) is 6.03. The molecule has 0 spiro atoms. The molecule has 3 aromatic carbocycles. The summed E-state index contributed by atoms with van der Waals surface area (Å²) in [5.74, 6) is 2.61. The van der Waals surface area contributed by atoms with Gasteiger partial charge in [-0.05, 0) is 60.0 Å². The lowest BCUT2D eigenvalue weighted by Gasteiger charge is -2.15. The molecule has 5 nitrogen and oxygen atoms in total. The molecule has 0 atom stereocenters. The van der Waals surface area contributed by atoms with Gasteiger partial charge in [0.15, 0.2) is 0 Å². The third-order valence-corrected chi connectivity index (χ3v) is 5.32. The zero-order chi connectivity index (χ0) is 21.8. The van der Waals surface area contributed by atoms with Gasteiger partial charge in [-0.1, -0.05) is 38.1 Å². The quantitative estimate of drug-likeness (QED) is 0.413. The number of ether oxygens (including phenoxy) is 2. The lowest BCUT2D eigenvalue weighted by atomic mass is 10.0. The Bertz CT molecular complexity index is 1240. The minimum Gasteiger partial charge on any atom is -0.497 e. The average molecular weight is 415 g/mol. The summed E-state index contributed by atoms with van der Waals surface area (Å²) in [5.41, 5.74) is 2.68.